The highest BCUT2D eigenvalue weighted by Gasteiger charge is 2.15. The Morgan fingerprint density at radius 2 is 2.08 bits per heavy atom. The molecule has 1 aliphatic rings. The van der Waals surface area contributed by atoms with Crippen molar-refractivity contribution in [2.75, 3.05) is 43.4 Å². The zero-order valence-electron chi connectivity index (χ0n) is 14.0. The molecule has 3 rings (SSSR count). The standard InChI is InChI=1S/C16H22N6O2/c1-12-9-14(20-24-12)19-16(23)18-11-13-3-4-17-15(10-13)22-7-5-21(2)6-8-22/h3-4,9-10H,5-8,11H2,1-2H3,(H2,18,19,20,23). The Bertz CT molecular complexity index is 693. The molecule has 2 N–H and O–H groups in total. The van der Waals surface area contributed by atoms with E-state index < -0.39 is 0 Å². The average Bonchev–Trinajstić information content (AvgIpc) is 2.99. The van der Waals surface area contributed by atoms with Crippen molar-refractivity contribution < 1.29 is 9.32 Å². The van der Waals surface area contributed by atoms with E-state index in [4.69, 9.17) is 4.52 Å². The van der Waals surface area contributed by atoms with Crippen molar-refractivity contribution in [3.8, 4) is 0 Å². The number of carbonyl (C=O) groups excluding carboxylic acids is 1. The second-order valence-electron chi connectivity index (χ2n) is 5.94. The third-order valence-electron chi connectivity index (χ3n) is 3.96. The number of nitrogens with zero attached hydrogens (tertiary/aromatic N) is 4. The van der Waals surface area contributed by atoms with Crippen LogP contribution < -0.4 is 15.5 Å². The number of anilines is 2. The Hall–Kier alpha value is -2.61. The van der Waals surface area contributed by atoms with Crippen LogP contribution in [0.4, 0.5) is 16.4 Å². The van der Waals surface area contributed by atoms with Gasteiger partial charge in [-0.15, -0.1) is 0 Å². The van der Waals surface area contributed by atoms with Crippen molar-refractivity contribution in [3.63, 3.8) is 0 Å². The van der Waals surface area contributed by atoms with Crippen molar-refractivity contribution >= 4 is 17.7 Å². The first-order valence-electron chi connectivity index (χ1n) is 7.97. The molecule has 8 heteroatoms. The van der Waals surface area contributed by atoms with Crippen molar-refractivity contribution in [2.24, 2.45) is 0 Å². The molecule has 1 saturated heterocycles. The average molecular weight is 330 g/mol. The van der Waals surface area contributed by atoms with Crippen LogP contribution in [0.15, 0.2) is 28.9 Å². The molecule has 128 valence electrons. The van der Waals surface area contributed by atoms with Crippen LogP contribution in [0.3, 0.4) is 0 Å². The Morgan fingerprint density at radius 3 is 2.79 bits per heavy atom. The van der Waals surface area contributed by atoms with Crippen molar-refractivity contribution in [1.29, 1.82) is 0 Å². The molecule has 2 amide bonds. The lowest BCUT2D eigenvalue weighted by atomic mass is 10.2. The number of hydrogen-bond acceptors (Lipinski definition) is 6. The van der Waals surface area contributed by atoms with Crippen LogP contribution in [0.5, 0.6) is 0 Å². The minimum atomic E-state index is -0.318. The first kappa shape index (κ1) is 16.3. The largest absolute Gasteiger partial charge is 0.360 e. The molecule has 0 atom stereocenters. The van der Waals surface area contributed by atoms with E-state index in [2.05, 4.69) is 37.6 Å². The summed E-state index contributed by atoms with van der Waals surface area (Å²) in [4.78, 5) is 20.9. The molecule has 0 aromatic carbocycles. The lowest BCUT2D eigenvalue weighted by Gasteiger charge is -2.33. The summed E-state index contributed by atoms with van der Waals surface area (Å²) in [6, 6.07) is 5.27. The topological polar surface area (TPSA) is 86.5 Å². The number of carbonyl (C=O) groups is 1. The molecular weight excluding hydrogens is 308 g/mol. The molecule has 0 radical (unpaired) electrons. The number of pyridine rings is 1. The minimum Gasteiger partial charge on any atom is -0.360 e. The Kier molecular flexibility index (Phi) is 4.95. The number of rotatable bonds is 4. The first-order valence-corrected chi connectivity index (χ1v) is 7.97. The molecular formula is C16H22N6O2. The molecule has 0 bridgehead atoms. The SMILES string of the molecule is Cc1cc(NC(=O)NCc2ccnc(N3CCN(C)CC3)c2)no1. The van der Waals surface area contributed by atoms with Gasteiger partial charge in [0.2, 0.25) is 0 Å². The van der Waals surface area contributed by atoms with Gasteiger partial charge in [0.15, 0.2) is 5.82 Å². The summed E-state index contributed by atoms with van der Waals surface area (Å²) in [6.07, 6.45) is 1.78. The van der Waals surface area contributed by atoms with Crippen LogP contribution in [0.2, 0.25) is 0 Å². The number of aromatic nitrogens is 2. The number of hydrogen-bond donors (Lipinski definition) is 2. The predicted molar refractivity (Wildman–Crippen MR) is 91.0 cm³/mol. The minimum absolute atomic E-state index is 0.318. The number of piperazine rings is 1. The molecule has 8 nitrogen and oxygen atoms in total. The van der Waals surface area contributed by atoms with Crippen LogP contribution in [0.1, 0.15) is 11.3 Å². The van der Waals surface area contributed by atoms with Crippen molar-refractivity contribution in [1.82, 2.24) is 20.4 Å². The van der Waals surface area contributed by atoms with Gasteiger partial charge in [0.1, 0.15) is 11.6 Å². The third kappa shape index (κ3) is 4.23. The Balaban J connectivity index is 1.53. The fourth-order valence-electron chi connectivity index (χ4n) is 2.55. The van der Waals surface area contributed by atoms with Gasteiger partial charge in [-0.05, 0) is 31.7 Å². The van der Waals surface area contributed by atoms with E-state index in [1.807, 2.05) is 12.1 Å². The summed E-state index contributed by atoms with van der Waals surface area (Å²) in [5.74, 6) is 2.00. The van der Waals surface area contributed by atoms with Crippen LogP contribution >= 0.6 is 0 Å². The van der Waals surface area contributed by atoms with E-state index >= 15 is 0 Å². The van der Waals surface area contributed by atoms with Gasteiger partial charge < -0.3 is 19.6 Å². The molecule has 24 heavy (non-hydrogen) atoms. The van der Waals surface area contributed by atoms with Gasteiger partial charge in [-0.2, -0.15) is 0 Å². The molecule has 0 spiro atoms. The molecule has 0 unspecified atom stereocenters. The third-order valence-corrected chi connectivity index (χ3v) is 3.96. The van der Waals surface area contributed by atoms with Crippen LogP contribution in [0.25, 0.3) is 0 Å². The molecule has 2 aromatic heterocycles. The van der Waals surface area contributed by atoms with Crippen molar-refractivity contribution in [3.05, 3.63) is 35.7 Å². The van der Waals surface area contributed by atoms with Gasteiger partial charge in [0, 0.05) is 45.0 Å². The zero-order valence-corrected chi connectivity index (χ0v) is 14.0. The highest BCUT2D eigenvalue weighted by molar-refractivity contribution is 5.88. The maximum absolute atomic E-state index is 11.9. The fourth-order valence-corrected chi connectivity index (χ4v) is 2.55. The smallest absolute Gasteiger partial charge is 0.320 e. The van der Waals surface area contributed by atoms with Crippen LogP contribution in [-0.4, -0.2) is 54.3 Å². The fraction of sp³-hybridized carbons (Fsp3) is 0.438. The van der Waals surface area contributed by atoms with E-state index in [1.165, 1.54) is 0 Å². The Labute approximate surface area is 140 Å². The molecule has 0 aliphatic carbocycles. The monoisotopic (exact) mass is 330 g/mol. The molecule has 3 heterocycles. The second kappa shape index (κ2) is 7.31. The number of likely N-dealkylation sites (N-methyl/N-ethyl adjacent to an activating group) is 1. The van der Waals surface area contributed by atoms with Gasteiger partial charge in [-0.25, -0.2) is 9.78 Å². The summed E-state index contributed by atoms with van der Waals surface area (Å²) in [6.45, 7) is 6.19. The predicted octanol–water partition coefficient (Wildman–Crippen LogP) is 1.45. The zero-order chi connectivity index (χ0) is 16.9. The lowest BCUT2D eigenvalue weighted by molar-refractivity contribution is 0.251. The van der Waals surface area contributed by atoms with Gasteiger partial charge >= 0.3 is 6.03 Å². The molecule has 1 aliphatic heterocycles. The molecule has 1 fully saturated rings. The van der Waals surface area contributed by atoms with E-state index in [9.17, 15) is 4.79 Å². The van der Waals surface area contributed by atoms with Crippen molar-refractivity contribution in [2.45, 2.75) is 13.5 Å². The van der Waals surface area contributed by atoms with E-state index in [0.29, 0.717) is 18.1 Å². The van der Waals surface area contributed by atoms with Crippen LogP contribution in [0, 0.1) is 6.92 Å². The lowest BCUT2D eigenvalue weighted by Crippen LogP contribution is -2.44. The summed E-state index contributed by atoms with van der Waals surface area (Å²) >= 11 is 0. The quantitative estimate of drug-likeness (QED) is 0.882. The van der Waals surface area contributed by atoms with E-state index in [0.717, 1.165) is 37.6 Å². The normalized spacial score (nSPS) is 15.3. The van der Waals surface area contributed by atoms with Gasteiger partial charge in [-0.1, -0.05) is 5.16 Å². The number of aryl methyl sites for hydroxylation is 1. The van der Waals surface area contributed by atoms with Gasteiger partial charge in [-0.3, -0.25) is 5.32 Å². The highest BCUT2D eigenvalue weighted by Crippen LogP contribution is 2.14. The summed E-state index contributed by atoms with van der Waals surface area (Å²) in [5, 5.41) is 9.16. The second-order valence-corrected chi connectivity index (χ2v) is 5.94. The Morgan fingerprint density at radius 1 is 1.29 bits per heavy atom. The van der Waals surface area contributed by atoms with Gasteiger partial charge in [0.25, 0.3) is 0 Å². The maximum atomic E-state index is 11.9. The molecule has 0 saturated carbocycles. The summed E-state index contributed by atoms with van der Waals surface area (Å²) in [5.41, 5.74) is 1.01. The maximum Gasteiger partial charge on any atom is 0.320 e. The highest BCUT2D eigenvalue weighted by atomic mass is 16.5. The van der Waals surface area contributed by atoms with Gasteiger partial charge in [0.05, 0.1) is 0 Å². The number of urea groups is 1. The number of nitrogens with one attached hydrogen (secondary N) is 2. The summed E-state index contributed by atoms with van der Waals surface area (Å²) in [7, 11) is 2.13. The van der Waals surface area contributed by atoms with Crippen LogP contribution in [-0.2, 0) is 6.54 Å². The first-order chi connectivity index (χ1) is 11.6. The number of amides is 2. The summed E-state index contributed by atoms with van der Waals surface area (Å²) < 4.78 is 4.91. The molecule has 2 aromatic rings. The van der Waals surface area contributed by atoms with E-state index in [-0.39, 0.29) is 6.03 Å². The van der Waals surface area contributed by atoms with E-state index in [1.54, 1.807) is 19.2 Å².